The minimum Gasteiger partial charge on any atom is -0.494 e. The average molecular weight is 264 g/mol. The van der Waals surface area contributed by atoms with Gasteiger partial charge in [-0.05, 0) is 12.1 Å². The lowest BCUT2D eigenvalue weighted by Gasteiger charge is -2.15. The zero-order valence-electron chi connectivity index (χ0n) is 10.9. The van der Waals surface area contributed by atoms with E-state index in [9.17, 15) is 4.79 Å². The molecule has 0 spiro atoms. The SMILES string of the molecule is COc1cccc2sc(NC(=O)C(C)(C)C)nc12. The Morgan fingerprint density at radius 3 is 2.72 bits per heavy atom. The van der Waals surface area contributed by atoms with Crippen LogP contribution in [0.3, 0.4) is 0 Å². The summed E-state index contributed by atoms with van der Waals surface area (Å²) < 4.78 is 6.24. The summed E-state index contributed by atoms with van der Waals surface area (Å²) in [6, 6.07) is 5.73. The Labute approximate surface area is 110 Å². The van der Waals surface area contributed by atoms with Crippen LogP contribution in [-0.2, 0) is 4.79 Å². The van der Waals surface area contributed by atoms with Gasteiger partial charge in [-0.2, -0.15) is 0 Å². The topological polar surface area (TPSA) is 51.2 Å². The highest BCUT2D eigenvalue weighted by atomic mass is 32.1. The lowest BCUT2D eigenvalue weighted by molar-refractivity contribution is -0.123. The molecule has 1 N–H and O–H groups in total. The minimum absolute atomic E-state index is 0.0412. The van der Waals surface area contributed by atoms with Crippen molar-refractivity contribution in [1.82, 2.24) is 4.98 Å². The monoisotopic (exact) mass is 264 g/mol. The number of ether oxygens (including phenoxy) is 1. The summed E-state index contributed by atoms with van der Waals surface area (Å²) in [7, 11) is 1.61. The first kappa shape index (κ1) is 12.8. The maximum Gasteiger partial charge on any atom is 0.231 e. The van der Waals surface area contributed by atoms with Gasteiger partial charge in [-0.15, -0.1) is 0 Å². The number of aromatic nitrogens is 1. The van der Waals surface area contributed by atoms with E-state index < -0.39 is 5.41 Å². The number of amides is 1. The Hall–Kier alpha value is -1.62. The largest absolute Gasteiger partial charge is 0.494 e. The van der Waals surface area contributed by atoms with E-state index >= 15 is 0 Å². The minimum atomic E-state index is -0.429. The van der Waals surface area contributed by atoms with Crippen molar-refractivity contribution in [2.75, 3.05) is 12.4 Å². The Kier molecular flexibility index (Phi) is 3.26. The highest BCUT2D eigenvalue weighted by Crippen LogP contribution is 2.32. The van der Waals surface area contributed by atoms with Crippen LogP contribution in [0.1, 0.15) is 20.8 Å². The van der Waals surface area contributed by atoms with Crippen molar-refractivity contribution in [3.63, 3.8) is 0 Å². The standard InChI is InChI=1S/C13H16N2O2S/c1-13(2,3)11(16)15-12-14-10-8(17-4)6-5-7-9(10)18-12/h5-7H,1-4H3,(H,14,15,16). The quantitative estimate of drug-likeness (QED) is 0.905. The molecular formula is C13H16N2O2S. The molecule has 0 bridgehead atoms. The van der Waals surface area contributed by atoms with Gasteiger partial charge in [0.15, 0.2) is 5.13 Å². The van der Waals surface area contributed by atoms with E-state index in [1.54, 1.807) is 7.11 Å². The highest BCUT2D eigenvalue weighted by molar-refractivity contribution is 7.22. The second-order valence-electron chi connectivity index (χ2n) is 5.03. The van der Waals surface area contributed by atoms with Crippen LogP contribution in [0.4, 0.5) is 5.13 Å². The van der Waals surface area contributed by atoms with Crippen molar-refractivity contribution in [3.05, 3.63) is 18.2 Å². The number of nitrogens with one attached hydrogen (secondary N) is 1. The lowest BCUT2D eigenvalue weighted by atomic mass is 9.96. The molecule has 4 nitrogen and oxygen atoms in total. The molecule has 0 aliphatic carbocycles. The van der Waals surface area contributed by atoms with Gasteiger partial charge in [0.2, 0.25) is 5.91 Å². The van der Waals surface area contributed by atoms with Gasteiger partial charge in [0.25, 0.3) is 0 Å². The van der Waals surface area contributed by atoms with Gasteiger partial charge in [-0.25, -0.2) is 4.98 Å². The van der Waals surface area contributed by atoms with E-state index in [1.807, 2.05) is 39.0 Å². The molecule has 0 aliphatic heterocycles. The summed E-state index contributed by atoms with van der Waals surface area (Å²) >= 11 is 1.45. The Balaban J connectivity index is 2.34. The fraction of sp³-hybridized carbons (Fsp3) is 0.385. The van der Waals surface area contributed by atoms with Crippen LogP contribution < -0.4 is 10.1 Å². The van der Waals surface area contributed by atoms with Crippen molar-refractivity contribution >= 4 is 32.6 Å². The molecule has 96 valence electrons. The number of methoxy groups -OCH3 is 1. The maximum absolute atomic E-state index is 11.9. The van der Waals surface area contributed by atoms with Crippen LogP contribution in [-0.4, -0.2) is 18.0 Å². The fourth-order valence-electron chi connectivity index (χ4n) is 1.43. The predicted octanol–water partition coefficient (Wildman–Crippen LogP) is 3.29. The van der Waals surface area contributed by atoms with Crippen molar-refractivity contribution < 1.29 is 9.53 Å². The van der Waals surface area contributed by atoms with Crippen LogP contribution in [0, 0.1) is 5.41 Å². The van der Waals surface area contributed by atoms with Crippen molar-refractivity contribution in [2.45, 2.75) is 20.8 Å². The fourth-order valence-corrected chi connectivity index (χ4v) is 2.30. The number of hydrogen-bond acceptors (Lipinski definition) is 4. The predicted molar refractivity (Wildman–Crippen MR) is 74.3 cm³/mol. The second-order valence-corrected chi connectivity index (χ2v) is 6.06. The summed E-state index contributed by atoms with van der Waals surface area (Å²) in [4.78, 5) is 16.3. The van der Waals surface area contributed by atoms with E-state index in [1.165, 1.54) is 11.3 Å². The van der Waals surface area contributed by atoms with E-state index in [4.69, 9.17) is 4.74 Å². The molecule has 0 saturated carbocycles. The average Bonchev–Trinajstić information content (AvgIpc) is 2.69. The van der Waals surface area contributed by atoms with Gasteiger partial charge < -0.3 is 10.1 Å². The zero-order chi connectivity index (χ0) is 13.3. The van der Waals surface area contributed by atoms with Gasteiger partial charge in [-0.3, -0.25) is 4.79 Å². The van der Waals surface area contributed by atoms with Gasteiger partial charge >= 0.3 is 0 Å². The van der Waals surface area contributed by atoms with Gasteiger partial charge in [-0.1, -0.05) is 38.2 Å². The molecular weight excluding hydrogens is 248 g/mol. The lowest BCUT2D eigenvalue weighted by Crippen LogP contribution is -2.27. The highest BCUT2D eigenvalue weighted by Gasteiger charge is 2.22. The third-order valence-corrected chi connectivity index (χ3v) is 3.44. The molecule has 1 aromatic heterocycles. The van der Waals surface area contributed by atoms with Crippen molar-refractivity contribution in [2.24, 2.45) is 5.41 Å². The molecule has 2 aromatic rings. The van der Waals surface area contributed by atoms with Crippen LogP contribution >= 0.6 is 11.3 Å². The normalized spacial score (nSPS) is 11.6. The number of hydrogen-bond donors (Lipinski definition) is 1. The number of benzene rings is 1. The number of nitrogens with zero attached hydrogens (tertiary/aromatic N) is 1. The summed E-state index contributed by atoms with van der Waals surface area (Å²) in [6.07, 6.45) is 0. The number of carbonyl (C=O) groups excluding carboxylic acids is 1. The Morgan fingerprint density at radius 1 is 1.39 bits per heavy atom. The first-order valence-electron chi connectivity index (χ1n) is 5.67. The molecule has 0 aliphatic rings. The summed E-state index contributed by atoms with van der Waals surface area (Å²) in [5, 5.41) is 3.44. The zero-order valence-corrected chi connectivity index (χ0v) is 11.7. The summed E-state index contributed by atoms with van der Waals surface area (Å²) in [5.41, 5.74) is 0.358. The third-order valence-electron chi connectivity index (χ3n) is 2.50. The molecule has 1 aromatic carbocycles. The van der Waals surface area contributed by atoms with Crippen LogP contribution in [0.15, 0.2) is 18.2 Å². The molecule has 0 unspecified atom stereocenters. The van der Waals surface area contributed by atoms with Gasteiger partial charge in [0.05, 0.1) is 11.8 Å². The van der Waals surface area contributed by atoms with Crippen molar-refractivity contribution in [1.29, 1.82) is 0 Å². The smallest absolute Gasteiger partial charge is 0.231 e. The molecule has 0 fully saturated rings. The molecule has 0 saturated heterocycles. The number of thiazole rings is 1. The summed E-state index contributed by atoms with van der Waals surface area (Å²) in [6.45, 7) is 5.61. The molecule has 0 radical (unpaired) electrons. The van der Waals surface area contributed by atoms with Gasteiger partial charge in [0, 0.05) is 5.41 Å². The molecule has 1 heterocycles. The first-order chi connectivity index (χ1) is 8.41. The van der Waals surface area contributed by atoms with E-state index in [0.717, 1.165) is 16.0 Å². The van der Waals surface area contributed by atoms with E-state index in [2.05, 4.69) is 10.3 Å². The number of carbonyl (C=O) groups is 1. The molecule has 0 atom stereocenters. The second kappa shape index (κ2) is 4.57. The van der Waals surface area contributed by atoms with E-state index in [0.29, 0.717) is 5.13 Å². The number of fused-ring (bicyclic) bond motifs is 1. The van der Waals surface area contributed by atoms with Gasteiger partial charge in [0.1, 0.15) is 11.3 Å². The number of anilines is 1. The number of para-hydroxylation sites is 1. The molecule has 18 heavy (non-hydrogen) atoms. The van der Waals surface area contributed by atoms with Crippen molar-refractivity contribution in [3.8, 4) is 5.75 Å². The molecule has 5 heteroatoms. The third kappa shape index (κ3) is 2.46. The molecule has 2 rings (SSSR count). The Morgan fingerprint density at radius 2 is 2.11 bits per heavy atom. The van der Waals surface area contributed by atoms with Crippen LogP contribution in [0.2, 0.25) is 0 Å². The van der Waals surface area contributed by atoms with E-state index in [-0.39, 0.29) is 5.91 Å². The van der Waals surface area contributed by atoms with Crippen LogP contribution in [0.25, 0.3) is 10.2 Å². The van der Waals surface area contributed by atoms with Crippen LogP contribution in [0.5, 0.6) is 5.75 Å². The summed E-state index contributed by atoms with van der Waals surface area (Å²) in [5.74, 6) is 0.681. The Bertz CT molecular complexity index is 584. The first-order valence-corrected chi connectivity index (χ1v) is 6.48. The maximum atomic E-state index is 11.9. The number of rotatable bonds is 2. The molecule has 1 amide bonds.